The molecular formula is C16H21N5O3S. The summed E-state index contributed by atoms with van der Waals surface area (Å²) < 4.78 is 7.08. The zero-order valence-corrected chi connectivity index (χ0v) is 15.0. The van der Waals surface area contributed by atoms with Crippen molar-refractivity contribution in [3.63, 3.8) is 0 Å². The zero-order valence-electron chi connectivity index (χ0n) is 14.1. The van der Waals surface area contributed by atoms with Crippen LogP contribution in [-0.2, 0) is 22.5 Å². The van der Waals surface area contributed by atoms with E-state index in [-0.39, 0.29) is 0 Å². The molecule has 0 aliphatic carbocycles. The number of benzene rings is 1. The van der Waals surface area contributed by atoms with E-state index >= 15 is 0 Å². The van der Waals surface area contributed by atoms with Crippen LogP contribution in [0.1, 0.15) is 18.3 Å². The molecule has 0 spiro atoms. The van der Waals surface area contributed by atoms with E-state index < -0.39 is 17.2 Å². The van der Waals surface area contributed by atoms with Crippen LogP contribution in [0, 0.1) is 0 Å². The van der Waals surface area contributed by atoms with Crippen LogP contribution in [-0.4, -0.2) is 45.7 Å². The lowest BCUT2D eigenvalue weighted by atomic mass is 10.1. The Balaban J connectivity index is 2.16. The lowest BCUT2D eigenvalue weighted by molar-refractivity contribution is -0.119. The molecule has 1 aromatic heterocycles. The second kappa shape index (κ2) is 9.19. The normalized spacial score (nSPS) is 11.9. The fourth-order valence-electron chi connectivity index (χ4n) is 2.16. The summed E-state index contributed by atoms with van der Waals surface area (Å²) in [7, 11) is 1.62. The first kappa shape index (κ1) is 18.9. The number of carbonyl (C=O) groups excluding carboxylic acids is 2. The largest absolute Gasteiger partial charge is 0.383 e. The number of carbonyl (C=O) groups is 2. The first-order valence-corrected chi connectivity index (χ1v) is 8.61. The quantitative estimate of drug-likeness (QED) is 0.681. The number of rotatable bonds is 8. The standard InChI is InChI=1S/C16H21N5O3S/c1-11(14(22)18-15(17)23)25-16-20-19-13(21(16)8-9-24-2)10-12-6-4-3-5-7-12/h3-7,11H,8-10H2,1-2H3,(H3,17,18,22,23)/t11-/m0/s1. The van der Waals surface area contributed by atoms with Gasteiger partial charge in [0.2, 0.25) is 5.91 Å². The minimum Gasteiger partial charge on any atom is -0.383 e. The molecule has 8 nitrogen and oxygen atoms in total. The second-order valence-corrected chi connectivity index (χ2v) is 6.63. The number of thioether (sulfide) groups is 1. The minimum atomic E-state index is -0.872. The molecule has 0 saturated heterocycles. The number of hydrogen-bond acceptors (Lipinski definition) is 6. The fraction of sp³-hybridized carbons (Fsp3) is 0.375. The molecular weight excluding hydrogens is 342 g/mol. The number of hydrogen-bond donors (Lipinski definition) is 2. The average Bonchev–Trinajstić information content (AvgIpc) is 2.94. The summed E-state index contributed by atoms with van der Waals surface area (Å²) in [5, 5.41) is 10.6. The van der Waals surface area contributed by atoms with Crippen LogP contribution >= 0.6 is 11.8 Å². The average molecular weight is 363 g/mol. The molecule has 0 saturated carbocycles. The van der Waals surface area contributed by atoms with Crippen LogP contribution < -0.4 is 11.1 Å². The van der Waals surface area contributed by atoms with Gasteiger partial charge in [0.25, 0.3) is 0 Å². The van der Waals surface area contributed by atoms with Gasteiger partial charge in [0.1, 0.15) is 5.82 Å². The third-order valence-electron chi connectivity index (χ3n) is 3.42. The van der Waals surface area contributed by atoms with Gasteiger partial charge in [-0.15, -0.1) is 10.2 Å². The Morgan fingerprint density at radius 2 is 2.04 bits per heavy atom. The van der Waals surface area contributed by atoms with E-state index in [1.54, 1.807) is 14.0 Å². The van der Waals surface area contributed by atoms with E-state index in [2.05, 4.69) is 15.5 Å². The predicted octanol–water partition coefficient (Wildman–Crippen LogP) is 1.19. The molecule has 25 heavy (non-hydrogen) atoms. The maximum absolute atomic E-state index is 11.9. The number of primary amides is 1. The molecule has 0 aliphatic rings. The van der Waals surface area contributed by atoms with E-state index in [9.17, 15) is 9.59 Å². The topological polar surface area (TPSA) is 112 Å². The molecule has 2 aromatic rings. The molecule has 2 rings (SSSR count). The van der Waals surface area contributed by atoms with Gasteiger partial charge in [0, 0.05) is 20.1 Å². The maximum atomic E-state index is 11.9. The van der Waals surface area contributed by atoms with Crippen LogP contribution in [0.5, 0.6) is 0 Å². The van der Waals surface area contributed by atoms with Crippen LogP contribution in [0.2, 0.25) is 0 Å². The van der Waals surface area contributed by atoms with Gasteiger partial charge in [-0.3, -0.25) is 10.1 Å². The fourth-order valence-corrected chi connectivity index (χ4v) is 3.05. The summed E-state index contributed by atoms with van der Waals surface area (Å²) in [5.41, 5.74) is 6.10. The Morgan fingerprint density at radius 1 is 1.32 bits per heavy atom. The van der Waals surface area contributed by atoms with Crippen LogP contribution in [0.3, 0.4) is 0 Å². The van der Waals surface area contributed by atoms with Gasteiger partial charge in [-0.1, -0.05) is 42.1 Å². The van der Waals surface area contributed by atoms with E-state index in [0.717, 1.165) is 11.4 Å². The molecule has 1 heterocycles. The Morgan fingerprint density at radius 3 is 2.68 bits per heavy atom. The van der Waals surface area contributed by atoms with Crippen LogP contribution in [0.4, 0.5) is 4.79 Å². The Hall–Kier alpha value is -2.39. The summed E-state index contributed by atoms with van der Waals surface area (Å²) in [6.07, 6.45) is 0.625. The molecule has 0 bridgehead atoms. The highest BCUT2D eigenvalue weighted by Crippen LogP contribution is 2.23. The highest BCUT2D eigenvalue weighted by molar-refractivity contribution is 8.00. The Bertz CT molecular complexity index is 720. The Labute approximate surface area is 150 Å². The van der Waals surface area contributed by atoms with E-state index in [1.807, 2.05) is 34.9 Å². The number of imide groups is 1. The molecule has 0 unspecified atom stereocenters. The van der Waals surface area contributed by atoms with Crippen molar-refractivity contribution >= 4 is 23.7 Å². The van der Waals surface area contributed by atoms with Crippen molar-refractivity contribution in [3.8, 4) is 0 Å². The summed E-state index contributed by atoms with van der Waals surface area (Å²) >= 11 is 1.22. The zero-order chi connectivity index (χ0) is 18.2. The second-order valence-electron chi connectivity index (χ2n) is 5.32. The minimum absolute atomic E-state index is 0.469. The number of aromatic nitrogens is 3. The molecule has 9 heteroatoms. The van der Waals surface area contributed by atoms with Gasteiger partial charge in [-0.2, -0.15) is 0 Å². The van der Waals surface area contributed by atoms with Gasteiger partial charge in [0.05, 0.1) is 11.9 Å². The number of urea groups is 1. The van der Waals surface area contributed by atoms with Crippen molar-refractivity contribution in [1.82, 2.24) is 20.1 Å². The van der Waals surface area contributed by atoms with Gasteiger partial charge >= 0.3 is 6.03 Å². The molecule has 1 atom stereocenters. The van der Waals surface area contributed by atoms with E-state index in [1.165, 1.54) is 11.8 Å². The maximum Gasteiger partial charge on any atom is 0.318 e. The lowest BCUT2D eigenvalue weighted by Gasteiger charge is -2.12. The van der Waals surface area contributed by atoms with Gasteiger partial charge in [-0.05, 0) is 12.5 Å². The molecule has 3 amide bonds. The predicted molar refractivity (Wildman–Crippen MR) is 94.2 cm³/mol. The van der Waals surface area contributed by atoms with Crippen molar-refractivity contribution in [2.75, 3.05) is 13.7 Å². The van der Waals surface area contributed by atoms with Gasteiger partial charge in [0.15, 0.2) is 5.16 Å². The number of ether oxygens (including phenoxy) is 1. The summed E-state index contributed by atoms with van der Waals surface area (Å²) in [6, 6.07) is 9.06. The monoisotopic (exact) mass is 363 g/mol. The first-order chi connectivity index (χ1) is 12.0. The number of amides is 3. The van der Waals surface area contributed by atoms with Crippen molar-refractivity contribution in [1.29, 1.82) is 0 Å². The smallest absolute Gasteiger partial charge is 0.318 e. The summed E-state index contributed by atoms with van der Waals surface area (Å²) in [4.78, 5) is 22.7. The van der Waals surface area contributed by atoms with Crippen LogP contribution in [0.15, 0.2) is 35.5 Å². The molecule has 3 N–H and O–H groups in total. The van der Waals surface area contributed by atoms with E-state index in [4.69, 9.17) is 10.5 Å². The highest BCUT2D eigenvalue weighted by Gasteiger charge is 2.21. The first-order valence-electron chi connectivity index (χ1n) is 7.73. The number of nitrogens with two attached hydrogens (primary N) is 1. The third kappa shape index (κ3) is 5.57. The molecule has 134 valence electrons. The van der Waals surface area contributed by atoms with Crippen molar-refractivity contribution < 1.29 is 14.3 Å². The summed E-state index contributed by atoms with van der Waals surface area (Å²) in [5.74, 6) is 0.316. The molecule has 1 aromatic carbocycles. The Kier molecular flexibility index (Phi) is 6.96. The molecule has 0 aliphatic heterocycles. The number of methoxy groups -OCH3 is 1. The van der Waals surface area contributed by atoms with Gasteiger partial charge < -0.3 is 15.0 Å². The third-order valence-corrected chi connectivity index (χ3v) is 4.50. The number of nitrogens with zero attached hydrogens (tertiary/aromatic N) is 3. The van der Waals surface area contributed by atoms with Crippen molar-refractivity contribution in [2.24, 2.45) is 5.73 Å². The highest BCUT2D eigenvalue weighted by atomic mass is 32.2. The molecule has 0 radical (unpaired) electrons. The van der Waals surface area contributed by atoms with Crippen molar-refractivity contribution in [3.05, 3.63) is 41.7 Å². The van der Waals surface area contributed by atoms with E-state index in [0.29, 0.717) is 24.7 Å². The van der Waals surface area contributed by atoms with Gasteiger partial charge in [-0.25, -0.2) is 4.79 Å². The SMILES string of the molecule is COCCn1c(Cc2ccccc2)nnc1S[C@@H](C)C(=O)NC(N)=O. The number of nitrogens with one attached hydrogen (secondary N) is 1. The molecule has 0 fully saturated rings. The van der Waals surface area contributed by atoms with Crippen LogP contribution in [0.25, 0.3) is 0 Å². The lowest BCUT2D eigenvalue weighted by Crippen LogP contribution is -2.39. The summed E-state index contributed by atoms with van der Waals surface area (Å²) in [6.45, 7) is 2.74. The van der Waals surface area contributed by atoms with Crippen molar-refractivity contribution in [2.45, 2.75) is 30.3 Å².